The van der Waals surface area contributed by atoms with E-state index in [0.29, 0.717) is 44.0 Å². The van der Waals surface area contributed by atoms with E-state index in [1.165, 1.54) is 12.8 Å². The number of pyridine rings is 1. The van der Waals surface area contributed by atoms with Crippen molar-refractivity contribution in [2.75, 3.05) is 41.7 Å². The van der Waals surface area contributed by atoms with Gasteiger partial charge < -0.3 is 25.2 Å². The van der Waals surface area contributed by atoms with Crippen LogP contribution in [-0.2, 0) is 9.53 Å². The highest BCUT2D eigenvalue weighted by atomic mass is 16.6. The van der Waals surface area contributed by atoms with Crippen molar-refractivity contribution in [2.24, 2.45) is 0 Å². The second-order valence-corrected chi connectivity index (χ2v) is 11.0. The monoisotopic (exact) mass is 521 g/mol. The van der Waals surface area contributed by atoms with Crippen LogP contribution >= 0.6 is 0 Å². The average molecular weight is 522 g/mol. The van der Waals surface area contributed by atoms with Gasteiger partial charge in [-0.2, -0.15) is 4.98 Å². The number of ketones is 1. The van der Waals surface area contributed by atoms with E-state index in [1.807, 2.05) is 46.0 Å². The fraction of sp³-hybridized carbons (Fsp3) is 0.536. The molecule has 2 aliphatic rings. The normalized spacial score (nSPS) is 16.9. The predicted molar refractivity (Wildman–Crippen MR) is 150 cm³/mol. The van der Waals surface area contributed by atoms with Crippen molar-refractivity contribution < 1.29 is 14.3 Å². The van der Waals surface area contributed by atoms with Crippen LogP contribution in [0.4, 0.5) is 28.1 Å². The molecular weight excluding hydrogens is 482 g/mol. The first-order valence-corrected chi connectivity index (χ1v) is 13.4. The smallest absolute Gasteiger partial charge is 0.410 e. The lowest BCUT2D eigenvalue weighted by Crippen LogP contribution is -2.50. The molecule has 2 fully saturated rings. The number of piperazine rings is 1. The van der Waals surface area contributed by atoms with Gasteiger partial charge in [-0.3, -0.25) is 4.79 Å². The Labute approximate surface area is 224 Å². The molecule has 0 bridgehead atoms. The number of nitrogens with zero attached hydrogens (tertiary/aromatic N) is 5. The summed E-state index contributed by atoms with van der Waals surface area (Å²) in [6.07, 6.45) is 9.54. The maximum Gasteiger partial charge on any atom is 0.410 e. The highest BCUT2D eigenvalue weighted by Gasteiger charge is 2.26. The molecule has 0 spiro atoms. The van der Waals surface area contributed by atoms with Crippen molar-refractivity contribution in [1.29, 1.82) is 0 Å². The van der Waals surface area contributed by atoms with Gasteiger partial charge in [0.05, 0.1) is 11.9 Å². The van der Waals surface area contributed by atoms with E-state index in [9.17, 15) is 9.59 Å². The Morgan fingerprint density at radius 2 is 1.74 bits per heavy atom. The summed E-state index contributed by atoms with van der Waals surface area (Å²) in [6, 6.07) is 4.28. The lowest BCUT2D eigenvalue weighted by atomic mass is 10.1. The van der Waals surface area contributed by atoms with Crippen LogP contribution < -0.4 is 15.5 Å². The van der Waals surface area contributed by atoms with E-state index < -0.39 is 5.60 Å². The van der Waals surface area contributed by atoms with Gasteiger partial charge in [0.1, 0.15) is 17.2 Å². The molecule has 3 heterocycles. The van der Waals surface area contributed by atoms with E-state index in [4.69, 9.17) is 9.72 Å². The summed E-state index contributed by atoms with van der Waals surface area (Å²) in [5, 5.41) is 6.76. The van der Waals surface area contributed by atoms with Crippen molar-refractivity contribution in [3.63, 3.8) is 0 Å². The Morgan fingerprint density at radius 1 is 1.03 bits per heavy atom. The molecule has 0 radical (unpaired) electrons. The number of hydrogen-bond acceptors (Lipinski definition) is 9. The number of rotatable bonds is 7. The first kappa shape index (κ1) is 27.3. The van der Waals surface area contributed by atoms with Crippen LogP contribution in [0.3, 0.4) is 0 Å². The zero-order chi connectivity index (χ0) is 27.3. The second-order valence-electron chi connectivity index (χ2n) is 11.0. The molecule has 1 aliphatic heterocycles. The summed E-state index contributed by atoms with van der Waals surface area (Å²) in [4.78, 5) is 41.7. The SMILES string of the molecule is CC(=O)/C=C(\C)c1cnc(Nc2ccc(N3CCN(C(=O)OC(C)(C)C)CC3)cn2)nc1NC1CCCC1. The van der Waals surface area contributed by atoms with Crippen LogP contribution in [0.15, 0.2) is 30.6 Å². The number of nitrogens with one attached hydrogen (secondary N) is 2. The first-order chi connectivity index (χ1) is 18.1. The summed E-state index contributed by atoms with van der Waals surface area (Å²) in [6.45, 7) is 11.7. The number of carbonyl (C=O) groups excluding carboxylic acids is 2. The summed E-state index contributed by atoms with van der Waals surface area (Å²) in [5.74, 6) is 1.80. The molecule has 2 N–H and O–H groups in total. The molecule has 38 heavy (non-hydrogen) atoms. The quantitative estimate of drug-likeness (QED) is 0.485. The van der Waals surface area contributed by atoms with Crippen LogP contribution in [0, 0.1) is 0 Å². The Bertz CT molecular complexity index is 1160. The van der Waals surface area contributed by atoms with E-state index in [2.05, 4.69) is 25.5 Å². The number of amides is 1. The molecular formula is C28H39N7O3. The molecule has 204 valence electrons. The summed E-state index contributed by atoms with van der Waals surface area (Å²) >= 11 is 0. The van der Waals surface area contributed by atoms with Gasteiger partial charge in [0.2, 0.25) is 5.95 Å². The minimum absolute atomic E-state index is 0.00735. The largest absolute Gasteiger partial charge is 0.444 e. The van der Waals surface area contributed by atoms with Gasteiger partial charge in [-0.15, -0.1) is 0 Å². The third-order valence-corrected chi connectivity index (χ3v) is 6.61. The molecule has 1 amide bonds. The molecule has 1 saturated carbocycles. The molecule has 0 atom stereocenters. The van der Waals surface area contributed by atoms with Crippen molar-refractivity contribution in [3.05, 3.63) is 36.2 Å². The molecule has 1 aliphatic carbocycles. The van der Waals surface area contributed by atoms with Gasteiger partial charge in [0.25, 0.3) is 0 Å². The first-order valence-electron chi connectivity index (χ1n) is 13.4. The zero-order valence-electron chi connectivity index (χ0n) is 23.1. The number of allylic oxidation sites excluding steroid dienone is 2. The van der Waals surface area contributed by atoms with Crippen LogP contribution in [0.25, 0.3) is 5.57 Å². The number of ether oxygens (including phenoxy) is 1. The summed E-state index contributed by atoms with van der Waals surface area (Å²) in [5.41, 5.74) is 2.15. The Kier molecular flexibility index (Phi) is 8.48. The van der Waals surface area contributed by atoms with Crippen LogP contribution in [-0.4, -0.2) is 69.6 Å². The molecule has 0 unspecified atom stereocenters. The fourth-order valence-electron chi connectivity index (χ4n) is 4.72. The van der Waals surface area contributed by atoms with Gasteiger partial charge in [-0.25, -0.2) is 14.8 Å². The molecule has 4 rings (SSSR count). The van der Waals surface area contributed by atoms with E-state index in [0.717, 1.165) is 35.5 Å². The van der Waals surface area contributed by atoms with Gasteiger partial charge in [-0.1, -0.05) is 12.8 Å². The summed E-state index contributed by atoms with van der Waals surface area (Å²) < 4.78 is 5.49. The molecule has 10 nitrogen and oxygen atoms in total. The molecule has 2 aromatic heterocycles. The third-order valence-electron chi connectivity index (χ3n) is 6.61. The number of carbonyl (C=O) groups is 2. The topological polar surface area (TPSA) is 113 Å². The van der Waals surface area contributed by atoms with Gasteiger partial charge in [-0.05, 0) is 71.2 Å². The minimum Gasteiger partial charge on any atom is -0.444 e. The average Bonchev–Trinajstić information content (AvgIpc) is 3.36. The number of hydrogen-bond donors (Lipinski definition) is 2. The van der Waals surface area contributed by atoms with Crippen LogP contribution in [0.1, 0.15) is 65.9 Å². The summed E-state index contributed by atoms with van der Waals surface area (Å²) in [7, 11) is 0. The zero-order valence-corrected chi connectivity index (χ0v) is 23.1. The van der Waals surface area contributed by atoms with Crippen LogP contribution in [0.2, 0.25) is 0 Å². The minimum atomic E-state index is -0.498. The van der Waals surface area contributed by atoms with Gasteiger partial charge >= 0.3 is 6.09 Å². The third kappa shape index (κ3) is 7.43. The predicted octanol–water partition coefficient (Wildman–Crippen LogP) is 5.02. The highest BCUT2D eigenvalue weighted by Crippen LogP contribution is 2.28. The van der Waals surface area contributed by atoms with E-state index in [1.54, 1.807) is 24.1 Å². The van der Waals surface area contributed by atoms with Gasteiger partial charge in [0.15, 0.2) is 5.78 Å². The Balaban J connectivity index is 1.41. The Hall–Kier alpha value is -3.69. The Morgan fingerprint density at radius 3 is 2.34 bits per heavy atom. The maximum atomic E-state index is 12.3. The van der Waals surface area contributed by atoms with Crippen molar-refractivity contribution >= 4 is 40.7 Å². The standard InChI is InChI=1S/C28H39N7O3/c1-19(16-20(2)36)23-18-30-26(33-25(23)31-21-8-6-7-9-21)32-24-11-10-22(17-29-24)34-12-14-35(15-13-34)27(37)38-28(3,4)5/h10-11,16-18,21H,6-9,12-15H2,1-5H3,(H2,29,30,31,32,33)/b19-16+. The molecule has 0 aromatic carbocycles. The van der Waals surface area contributed by atoms with Crippen molar-refractivity contribution in [1.82, 2.24) is 19.9 Å². The fourth-order valence-corrected chi connectivity index (χ4v) is 4.72. The lowest BCUT2D eigenvalue weighted by molar-refractivity contribution is -0.112. The van der Waals surface area contributed by atoms with E-state index >= 15 is 0 Å². The lowest BCUT2D eigenvalue weighted by Gasteiger charge is -2.36. The molecule has 10 heteroatoms. The molecule has 2 aromatic rings. The number of anilines is 4. The van der Waals surface area contributed by atoms with Crippen molar-refractivity contribution in [2.45, 2.75) is 71.9 Å². The van der Waals surface area contributed by atoms with Crippen molar-refractivity contribution in [3.8, 4) is 0 Å². The molecule has 1 saturated heterocycles. The van der Waals surface area contributed by atoms with E-state index in [-0.39, 0.29) is 11.9 Å². The second kappa shape index (κ2) is 11.8. The maximum absolute atomic E-state index is 12.3. The van der Waals surface area contributed by atoms with Crippen LogP contribution in [0.5, 0.6) is 0 Å². The highest BCUT2D eigenvalue weighted by molar-refractivity contribution is 5.95. The van der Waals surface area contributed by atoms with Gasteiger partial charge in [0, 0.05) is 44.0 Å². The number of aromatic nitrogens is 3.